The van der Waals surface area contributed by atoms with Gasteiger partial charge in [0.05, 0.1) is 12.5 Å². The fourth-order valence-corrected chi connectivity index (χ4v) is 2.87. The summed E-state index contributed by atoms with van der Waals surface area (Å²) >= 11 is 0. The molecule has 1 aliphatic heterocycles. The lowest BCUT2D eigenvalue weighted by Crippen LogP contribution is -2.30. The molecule has 140 valence electrons. The van der Waals surface area contributed by atoms with E-state index in [9.17, 15) is 18.8 Å². The first-order chi connectivity index (χ1) is 12.9. The van der Waals surface area contributed by atoms with E-state index in [0.29, 0.717) is 29.9 Å². The lowest BCUT2D eigenvalue weighted by atomic mass is 10.0. The minimum absolute atomic E-state index is 0.190. The number of aliphatic carboxylic acids is 1. The van der Waals surface area contributed by atoms with Crippen molar-refractivity contribution in [3.8, 4) is 0 Å². The number of carbonyl (C=O) groups is 3. The monoisotopic (exact) mass is 371 g/mol. The summed E-state index contributed by atoms with van der Waals surface area (Å²) in [6, 6.07) is 10.8. The summed E-state index contributed by atoms with van der Waals surface area (Å²) in [5.41, 5.74) is 1.50. The third kappa shape index (κ3) is 4.41. The molecule has 3 amide bonds. The lowest BCUT2D eigenvalue weighted by molar-refractivity contribution is -0.137. The summed E-state index contributed by atoms with van der Waals surface area (Å²) in [5, 5.41) is 14.5. The molecule has 0 unspecified atom stereocenters. The average Bonchev–Trinajstić information content (AvgIpc) is 3.07. The van der Waals surface area contributed by atoms with Crippen LogP contribution in [0.5, 0.6) is 0 Å². The summed E-state index contributed by atoms with van der Waals surface area (Å²) in [6.45, 7) is 1.12. The van der Waals surface area contributed by atoms with Crippen molar-refractivity contribution in [2.24, 2.45) is 0 Å². The van der Waals surface area contributed by atoms with Crippen LogP contribution in [0.2, 0.25) is 0 Å². The molecule has 2 aromatic carbocycles. The Labute approximate surface area is 154 Å². The van der Waals surface area contributed by atoms with Crippen molar-refractivity contribution < 1.29 is 23.9 Å². The van der Waals surface area contributed by atoms with Crippen LogP contribution >= 0.6 is 0 Å². The Kier molecular flexibility index (Phi) is 5.35. The van der Waals surface area contributed by atoms with Crippen molar-refractivity contribution in [3.63, 3.8) is 0 Å². The molecule has 8 heteroatoms. The fraction of sp³-hybridized carbons (Fsp3) is 0.211. The molecule has 1 aliphatic rings. The molecule has 0 aliphatic carbocycles. The number of benzene rings is 2. The zero-order chi connectivity index (χ0) is 19.4. The van der Waals surface area contributed by atoms with Gasteiger partial charge in [0.15, 0.2) is 0 Å². The topological polar surface area (TPSA) is 98.7 Å². The second-order valence-corrected chi connectivity index (χ2v) is 6.11. The van der Waals surface area contributed by atoms with Crippen LogP contribution < -0.4 is 15.5 Å². The molecular weight excluding hydrogens is 353 g/mol. The first-order valence-electron chi connectivity index (χ1n) is 8.37. The van der Waals surface area contributed by atoms with Gasteiger partial charge in [0.25, 0.3) is 5.91 Å². The molecule has 1 atom stereocenters. The zero-order valence-corrected chi connectivity index (χ0v) is 14.3. The summed E-state index contributed by atoms with van der Waals surface area (Å²) < 4.78 is 13.1. The van der Waals surface area contributed by atoms with Crippen LogP contribution in [-0.4, -0.2) is 36.1 Å². The SMILES string of the molecule is O=C(O)C[C@@H](NC(=O)c1ccc(N2CCNC2=O)cc1)c1ccc(F)cc1. The number of carbonyl (C=O) groups excluding carboxylic acids is 2. The number of anilines is 1. The quantitative estimate of drug-likeness (QED) is 0.726. The third-order valence-corrected chi connectivity index (χ3v) is 4.25. The largest absolute Gasteiger partial charge is 0.481 e. The molecule has 1 heterocycles. The Morgan fingerprint density at radius 2 is 1.81 bits per heavy atom. The van der Waals surface area contributed by atoms with Gasteiger partial charge in [0, 0.05) is 24.3 Å². The van der Waals surface area contributed by atoms with Gasteiger partial charge in [0.2, 0.25) is 0 Å². The molecule has 3 N–H and O–H groups in total. The summed E-state index contributed by atoms with van der Waals surface area (Å²) in [7, 11) is 0. The van der Waals surface area contributed by atoms with Crippen LogP contribution in [0.4, 0.5) is 14.9 Å². The Hall–Kier alpha value is -3.42. The van der Waals surface area contributed by atoms with Crippen LogP contribution in [0.15, 0.2) is 48.5 Å². The molecule has 1 saturated heterocycles. The van der Waals surface area contributed by atoms with Crippen LogP contribution in [0.3, 0.4) is 0 Å². The van der Waals surface area contributed by atoms with Crippen molar-refractivity contribution in [1.29, 1.82) is 0 Å². The van der Waals surface area contributed by atoms with E-state index >= 15 is 0 Å². The summed E-state index contributed by atoms with van der Waals surface area (Å²) in [6.07, 6.45) is -0.330. The Morgan fingerprint density at radius 3 is 2.37 bits per heavy atom. The molecule has 0 saturated carbocycles. The number of nitrogens with one attached hydrogen (secondary N) is 2. The van der Waals surface area contributed by atoms with E-state index in [-0.39, 0.29) is 12.5 Å². The molecule has 0 spiro atoms. The number of urea groups is 1. The van der Waals surface area contributed by atoms with Gasteiger partial charge in [-0.2, -0.15) is 0 Å². The summed E-state index contributed by atoms with van der Waals surface area (Å²) in [5.74, 6) is -1.98. The van der Waals surface area contributed by atoms with Gasteiger partial charge < -0.3 is 15.7 Å². The third-order valence-electron chi connectivity index (χ3n) is 4.25. The van der Waals surface area contributed by atoms with E-state index < -0.39 is 23.7 Å². The van der Waals surface area contributed by atoms with E-state index in [4.69, 9.17) is 5.11 Å². The highest BCUT2D eigenvalue weighted by Gasteiger charge is 2.22. The van der Waals surface area contributed by atoms with Gasteiger partial charge in [-0.25, -0.2) is 9.18 Å². The second kappa shape index (κ2) is 7.86. The van der Waals surface area contributed by atoms with Gasteiger partial charge in [-0.3, -0.25) is 14.5 Å². The van der Waals surface area contributed by atoms with Gasteiger partial charge >= 0.3 is 12.0 Å². The van der Waals surface area contributed by atoms with Crippen LogP contribution in [0.1, 0.15) is 28.4 Å². The van der Waals surface area contributed by atoms with Crippen molar-refractivity contribution in [2.75, 3.05) is 18.0 Å². The van der Waals surface area contributed by atoms with Gasteiger partial charge in [0.1, 0.15) is 5.82 Å². The smallest absolute Gasteiger partial charge is 0.321 e. The van der Waals surface area contributed by atoms with E-state index in [0.717, 1.165) is 0 Å². The fourth-order valence-electron chi connectivity index (χ4n) is 2.87. The zero-order valence-electron chi connectivity index (χ0n) is 14.3. The minimum atomic E-state index is -1.08. The Balaban J connectivity index is 1.74. The van der Waals surface area contributed by atoms with Crippen LogP contribution in [0.25, 0.3) is 0 Å². The van der Waals surface area contributed by atoms with E-state index in [2.05, 4.69) is 10.6 Å². The molecule has 1 fully saturated rings. The first kappa shape index (κ1) is 18.4. The number of rotatable bonds is 6. The number of nitrogens with zero attached hydrogens (tertiary/aromatic N) is 1. The molecule has 0 bridgehead atoms. The van der Waals surface area contributed by atoms with Gasteiger partial charge in [-0.1, -0.05) is 12.1 Å². The van der Waals surface area contributed by atoms with E-state index in [1.807, 2.05) is 0 Å². The standard InChI is InChI=1S/C19H18FN3O4/c20-14-5-1-12(2-6-14)16(11-17(24)25)22-18(26)13-3-7-15(8-4-13)23-10-9-21-19(23)27/h1-8,16H,9-11H2,(H,21,27)(H,22,26)(H,24,25)/t16-/m1/s1. The molecular formula is C19H18FN3O4. The molecule has 0 aromatic heterocycles. The second-order valence-electron chi connectivity index (χ2n) is 6.11. The van der Waals surface area contributed by atoms with Crippen molar-refractivity contribution in [3.05, 3.63) is 65.5 Å². The number of carboxylic acids is 1. The average molecular weight is 371 g/mol. The maximum Gasteiger partial charge on any atom is 0.321 e. The van der Waals surface area contributed by atoms with E-state index in [1.165, 1.54) is 24.3 Å². The number of amides is 3. The van der Waals surface area contributed by atoms with Crippen LogP contribution in [0, 0.1) is 5.82 Å². The highest BCUT2D eigenvalue weighted by atomic mass is 19.1. The number of halogens is 1. The Bertz CT molecular complexity index is 852. The highest BCUT2D eigenvalue weighted by molar-refractivity contribution is 5.97. The molecule has 2 aromatic rings. The minimum Gasteiger partial charge on any atom is -0.481 e. The molecule has 27 heavy (non-hydrogen) atoms. The number of hydrogen-bond donors (Lipinski definition) is 3. The number of hydrogen-bond acceptors (Lipinski definition) is 3. The molecule has 0 radical (unpaired) electrons. The van der Waals surface area contributed by atoms with Crippen molar-refractivity contribution in [2.45, 2.75) is 12.5 Å². The molecule has 3 rings (SSSR count). The predicted octanol–water partition coefficient (Wildman–Crippen LogP) is 2.30. The van der Waals surface area contributed by atoms with Crippen LogP contribution in [-0.2, 0) is 4.79 Å². The van der Waals surface area contributed by atoms with Crippen molar-refractivity contribution in [1.82, 2.24) is 10.6 Å². The normalized spacial score (nSPS) is 14.6. The maximum absolute atomic E-state index is 13.1. The van der Waals surface area contributed by atoms with Gasteiger partial charge in [-0.15, -0.1) is 0 Å². The number of carboxylic acid groups (broad SMARTS) is 1. The van der Waals surface area contributed by atoms with Gasteiger partial charge in [-0.05, 0) is 42.0 Å². The summed E-state index contributed by atoms with van der Waals surface area (Å²) in [4.78, 5) is 36.9. The van der Waals surface area contributed by atoms with E-state index in [1.54, 1.807) is 29.2 Å². The maximum atomic E-state index is 13.1. The Morgan fingerprint density at radius 1 is 1.15 bits per heavy atom. The van der Waals surface area contributed by atoms with Crippen molar-refractivity contribution >= 4 is 23.6 Å². The lowest BCUT2D eigenvalue weighted by Gasteiger charge is -2.18. The highest BCUT2D eigenvalue weighted by Crippen LogP contribution is 2.20. The first-order valence-corrected chi connectivity index (χ1v) is 8.37. The predicted molar refractivity (Wildman–Crippen MR) is 96.0 cm³/mol. The molecule has 7 nitrogen and oxygen atoms in total.